The van der Waals surface area contributed by atoms with Gasteiger partial charge in [0.1, 0.15) is 6.54 Å². The van der Waals surface area contributed by atoms with E-state index in [1.165, 1.54) is 0 Å². The molecular weight excluding hydrogens is 298 g/mol. The molecule has 4 amide bonds. The van der Waals surface area contributed by atoms with Crippen molar-refractivity contribution in [2.24, 2.45) is 11.5 Å². The van der Waals surface area contributed by atoms with Gasteiger partial charge in [-0.1, -0.05) is 0 Å². The fraction of sp³-hybridized carbons (Fsp3) is 0.545. The van der Waals surface area contributed by atoms with Crippen LogP contribution in [0, 0.1) is 0 Å². The lowest BCUT2D eigenvalue weighted by molar-refractivity contribution is -0.137. The first-order valence-corrected chi connectivity index (χ1v) is 6.29. The molecule has 0 aliphatic carbocycles. The van der Waals surface area contributed by atoms with Gasteiger partial charge < -0.3 is 32.5 Å². The van der Waals surface area contributed by atoms with Crippen LogP contribution in [0.4, 0.5) is 0 Å². The zero-order valence-corrected chi connectivity index (χ0v) is 11.8. The highest BCUT2D eigenvalue weighted by molar-refractivity contribution is 5.90. The monoisotopic (exact) mass is 317 g/mol. The van der Waals surface area contributed by atoms with Crippen LogP contribution in [0.1, 0.15) is 12.8 Å². The first-order chi connectivity index (χ1) is 10.2. The van der Waals surface area contributed by atoms with Crippen LogP contribution in [-0.2, 0) is 24.0 Å². The van der Waals surface area contributed by atoms with Gasteiger partial charge in [-0.3, -0.25) is 24.0 Å². The van der Waals surface area contributed by atoms with Gasteiger partial charge in [0.2, 0.25) is 23.6 Å². The van der Waals surface area contributed by atoms with Gasteiger partial charge in [0.05, 0.1) is 19.1 Å². The Balaban J connectivity index is 3.88. The maximum absolute atomic E-state index is 11.5. The molecule has 0 saturated carbocycles. The first kappa shape index (κ1) is 19.3. The van der Waals surface area contributed by atoms with Crippen LogP contribution in [0.15, 0.2) is 0 Å². The summed E-state index contributed by atoms with van der Waals surface area (Å²) in [7, 11) is 0. The highest BCUT2D eigenvalue weighted by Gasteiger charge is 2.15. The van der Waals surface area contributed by atoms with Gasteiger partial charge in [-0.2, -0.15) is 0 Å². The van der Waals surface area contributed by atoms with E-state index in [1.54, 1.807) is 0 Å². The van der Waals surface area contributed by atoms with Crippen molar-refractivity contribution in [1.29, 1.82) is 0 Å². The Hall–Kier alpha value is -2.69. The summed E-state index contributed by atoms with van der Waals surface area (Å²) in [6.45, 7) is -1.38. The minimum atomic E-state index is -1.21. The molecule has 0 aliphatic heterocycles. The van der Waals surface area contributed by atoms with E-state index in [2.05, 4.69) is 10.6 Å². The molecule has 0 heterocycles. The average Bonchev–Trinajstić information content (AvgIpc) is 2.45. The number of hydrogen-bond donors (Lipinski definition) is 6. The summed E-state index contributed by atoms with van der Waals surface area (Å²) in [6, 6.07) is -0.973. The summed E-state index contributed by atoms with van der Waals surface area (Å²) in [5.41, 5.74) is 10.4. The molecule has 11 heteroatoms. The standard InChI is InChI=1S/C11H19N5O6/c12-6(1-2-7(13)17)11(22)16-4-9(19)14-3-8(18)15-5-10(20)21/h6H,1-5,12H2,(H2,13,17)(H,14,19)(H,15,18)(H,16,22)(H,20,21). The highest BCUT2D eigenvalue weighted by Crippen LogP contribution is 1.93. The predicted molar refractivity (Wildman–Crippen MR) is 73.1 cm³/mol. The Labute approximate surface area is 125 Å². The van der Waals surface area contributed by atoms with Gasteiger partial charge in [0.15, 0.2) is 0 Å². The number of nitrogens with one attached hydrogen (secondary N) is 3. The van der Waals surface area contributed by atoms with Crippen LogP contribution < -0.4 is 27.4 Å². The molecule has 0 aliphatic rings. The van der Waals surface area contributed by atoms with E-state index in [1.807, 2.05) is 5.32 Å². The SMILES string of the molecule is NC(=O)CCC(N)C(=O)NCC(=O)NCC(=O)NCC(=O)O. The summed E-state index contributed by atoms with van der Waals surface area (Å²) in [5, 5.41) is 14.8. The number of primary amides is 1. The molecule has 0 bridgehead atoms. The summed E-state index contributed by atoms with van der Waals surface area (Å²) in [5.74, 6) is -3.77. The molecule has 1 unspecified atom stereocenters. The Morgan fingerprint density at radius 3 is 1.91 bits per heavy atom. The first-order valence-electron chi connectivity index (χ1n) is 6.29. The molecular formula is C11H19N5O6. The number of carboxylic acids is 1. The largest absolute Gasteiger partial charge is 0.480 e. The zero-order chi connectivity index (χ0) is 17.1. The fourth-order valence-corrected chi connectivity index (χ4v) is 1.21. The molecule has 124 valence electrons. The van der Waals surface area contributed by atoms with Crippen molar-refractivity contribution in [3.63, 3.8) is 0 Å². The minimum Gasteiger partial charge on any atom is -0.480 e. The van der Waals surface area contributed by atoms with Gasteiger partial charge in [-0.05, 0) is 6.42 Å². The Bertz CT molecular complexity index is 452. The van der Waals surface area contributed by atoms with E-state index in [0.717, 1.165) is 0 Å². The summed E-state index contributed by atoms with van der Waals surface area (Å²) in [4.78, 5) is 54.6. The lowest BCUT2D eigenvalue weighted by Crippen LogP contribution is -2.46. The number of aliphatic carboxylic acids is 1. The lowest BCUT2D eigenvalue weighted by atomic mass is 10.1. The molecule has 0 aromatic carbocycles. The van der Waals surface area contributed by atoms with Crippen LogP contribution in [0.5, 0.6) is 0 Å². The quantitative estimate of drug-likeness (QED) is 0.236. The van der Waals surface area contributed by atoms with Gasteiger partial charge in [0.25, 0.3) is 0 Å². The van der Waals surface area contributed by atoms with E-state index in [9.17, 15) is 24.0 Å². The highest BCUT2D eigenvalue weighted by atomic mass is 16.4. The Morgan fingerprint density at radius 1 is 0.909 bits per heavy atom. The topological polar surface area (TPSA) is 194 Å². The normalized spacial score (nSPS) is 11.1. The fourth-order valence-electron chi connectivity index (χ4n) is 1.21. The summed E-state index contributed by atoms with van der Waals surface area (Å²) >= 11 is 0. The van der Waals surface area contributed by atoms with Crippen LogP contribution in [0.2, 0.25) is 0 Å². The molecule has 0 spiro atoms. The molecule has 11 nitrogen and oxygen atoms in total. The van der Waals surface area contributed by atoms with Crippen LogP contribution in [-0.4, -0.2) is 60.4 Å². The molecule has 0 aromatic heterocycles. The molecule has 0 radical (unpaired) electrons. The van der Waals surface area contributed by atoms with Gasteiger partial charge >= 0.3 is 5.97 Å². The molecule has 8 N–H and O–H groups in total. The zero-order valence-electron chi connectivity index (χ0n) is 11.8. The molecule has 1 atom stereocenters. The second kappa shape index (κ2) is 10.1. The van der Waals surface area contributed by atoms with E-state index < -0.39 is 55.3 Å². The molecule has 0 saturated heterocycles. The summed E-state index contributed by atoms with van der Waals surface area (Å²) in [6.07, 6.45) is 0.00487. The Kier molecular flexibility index (Phi) is 8.86. The van der Waals surface area contributed by atoms with Crippen molar-refractivity contribution in [1.82, 2.24) is 16.0 Å². The van der Waals surface area contributed by atoms with Crippen molar-refractivity contribution in [2.75, 3.05) is 19.6 Å². The summed E-state index contributed by atoms with van der Waals surface area (Å²) < 4.78 is 0. The smallest absolute Gasteiger partial charge is 0.322 e. The maximum Gasteiger partial charge on any atom is 0.322 e. The lowest BCUT2D eigenvalue weighted by Gasteiger charge is -2.11. The van der Waals surface area contributed by atoms with Crippen molar-refractivity contribution in [2.45, 2.75) is 18.9 Å². The van der Waals surface area contributed by atoms with Crippen LogP contribution >= 0.6 is 0 Å². The Morgan fingerprint density at radius 2 is 1.41 bits per heavy atom. The maximum atomic E-state index is 11.5. The van der Waals surface area contributed by atoms with E-state index in [4.69, 9.17) is 16.6 Å². The van der Waals surface area contributed by atoms with Crippen molar-refractivity contribution >= 4 is 29.6 Å². The number of rotatable bonds is 10. The third-order valence-electron chi connectivity index (χ3n) is 2.34. The molecule has 0 rings (SSSR count). The van der Waals surface area contributed by atoms with Crippen molar-refractivity contribution in [3.8, 4) is 0 Å². The number of hydrogen-bond acceptors (Lipinski definition) is 6. The second-order valence-corrected chi connectivity index (χ2v) is 4.28. The molecule has 0 aromatic rings. The third kappa shape index (κ3) is 10.1. The van der Waals surface area contributed by atoms with Crippen LogP contribution in [0.25, 0.3) is 0 Å². The van der Waals surface area contributed by atoms with Gasteiger partial charge in [-0.25, -0.2) is 0 Å². The second-order valence-electron chi connectivity index (χ2n) is 4.28. The third-order valence-corrected chi connectivity index (χ3v) is 2.34. The predicted octanol–water partition coefficient (Wildman–Crippen LogP) is -3.99. The number of carbonyl (C=O) groups excluding carboxylic acids is 4. The number of carbonyl (C=O) groups is 5. The van der Waals surface area contributed by atoms with Gasteiger partial charge in [-0.15, -0.1) is 0 Å². The molecule has 22 heavy (non-hydrogen) atoms. The van der Waals surface area contributed by atoms with E-state index in [0.29, 0.717) is 0 Å². The number of amides is 4. The minimum absolute atomic E-state index is 0.0511. The number of nitrogens with two attached hydrogens (primary N) is 2. The number of carboxylic acid groups (broad SMARTS) is 1. The molecule has 0 fully saturated rings. The van der Waals surface area contributed by atoms with E-state index >= 15 is 0 Å². The van der Waals surface area contributed by atoms with Crippen molar-refractivity contribution < 1.29 is 29.1 Å². The van der Waals surface area contributed by atoms with E-state index in [-0.39, 0.29) is 12.8 Å². The van der Waals surface area contributed by atoms with Crippen molar-refractivity contribution in [3.05, 3.63) is 0 Å². The van der Waals surface area contributed by atoms with Gasteiger partial charge in [0, 0.05) is 6.42 Å². The average molecular weight is 317 g/mol. The van der Waals surface area contributed by atoms with Crippen LogP contribution in [0.3, 0.4) is 0 Å².